The van der Waals surface area contributed by atoms with Crippen molar-refractivity contribution in [1.82, 2.24) is 4.57 Å². The van der Waals surface area contributed by atoms with Crippen LogP contribution in [0.2, 0.25) is 5.02 Å². The maximum Gasteiger partial charge on any atom is 0.163 e. The molecular formula is C22H24ClN2O2+. The number of rotatable bonds is 5. The molecule has 3 aromatic rings. The van der Waals surface area contributed by atoms with Gasteiger partial charge in [-0.15, -0.1) is 0 Å². The van der Waals surface area contributed by atoms with Crippen LogP contribution in [0.15, 0.2) is 54.7 Å². The maximum atomic E-state index is 6.09. The first-order valence-corrected chi connectivity index (χ1v) is 9.78. The number of hydrogen-bond donors (Lipinski definition) is 1. The van der Waals surface area contributed by atoms with Crippen LogP contribution in [-0.2, 0) is 6.54 Å². The summed E-state index contributed by atoms with van der Waals surface area (Å²) in [5.41, 5.74) is 4.86. The van der Waals surface area contributed by atoms with Crippen LogP contribution in [0.25, 0.3) is 5.69 Å². The Morgan fingerprint density at radius 3 is 2.44 bits per heavy atom. The summed E-state index contributed by atoms with van der Waals surface area (Å²) in [6.45, 7) is 6.07. The Labute approximate surface area is 164 Å². The van der Waals surface area contributed by atoms with Crippen molar-refractivity contribution in [3.63, 3.8) is 0 Å². The number of nitrogens with two attached hydrogens (primary N) is 1. The summed E-state index contributed by atoms with van der Waals surface area (Å²) in [7, 11) is 0. The Kier molecular flexibility index (Phi) is 5.10. The van der Waals surface area contributed by atoms with Crippen LogP contribution in [0.1, 0.15) is 36.7 Å². The topological polar surface area (TPSA) is 40.0 Å². The summed E-state index contributed by atoms with van der Waals surface area (Å²) in [4.78, 5) is 0. The molecule has 0 bridgehead atoms. The lowest BCUT2D eigenvalue weighted by Gasteiger charge is -2.16. The smallest absolute Gasteiger partial charge is 0.163 e. The van der Waals surface area contributed by atoms with E-state index in [4.69, 9.17) is 21.1 Å². The van der Waals surface area contributed by atoms with Gasteiger partial charge in [-0.1, -0.05) is 23.7 Å². The molecule has 0 saturated carbocycles. The number of benzene rings is 2. The Morgan fingerprint density at radius 1 is 1.04 bits per heavy atom. The van der Waals surface area contributed by atoms with Crippen molar-refractivity contribution in [1.29, 1.82) is 0 Å². The van der Waals surface area contributed by atoms with E-state index in [1.54, 1.807) is 0 Å². The van der Waals surface area contributed by atoms with Gasteiger partial charge in [-0.05, 0) is 44.2 Å². The van der Waals surface area contributed by atoms with Gasteiger partial charge >= 0.3 is 0 Å². The van der Waals surface area contributed by atoms with Gasteiger partial charge in [0.2, 0.25) is 0 Å². The Morgan fingerprint density at radius 2 is 1.74 bits per heavy atom. The predicted molar refractivity (Wildman–Crippen MR) is 107 cm³/mol. The molecule has 0 radical (unpaired) electrons. The zero-order valence-corrected chi connectivity index (χ0v) is 16.4. The minimum Gasteiger partial charge on any atom is -0.490 e. The van der Waals surface area contributed by atoms with Crippen LogP contribution in [0, 0.1) is 0 Å². The average Bonchev–Trinajstić information content (AvgIpc) is 3.09. The lowest BCUT2D eigenvalue weighted by atomic mass is 10.0. The van der Waals surface area contributed by atoms with Gasteiger partial charge in [-0.3, -0.25) is 0 Å². The van der Waals surface area contributed by atoms with Crippen molar-refractivity contribution >= 4 is 11.6 Å². The van der Waals surface area contributed by atoms with Gasteiger partial charge < -0.3 is 19.4 Å². The number of hydrogen-bond acceptors (Lipinski definition) is 2. The van der Waals surface area contributed by atoms with Gasteiger partial charge in [0.15, 0.2) is 17.5 Å². The maximum absolute atomic E-state index is 6.09. The second kappa shape index (κ2) is 7.67. The quantitative estimate of drug-likeness (QED) is 0.720. The third kappa shape index (κ3) is 3.43. The normalized spacial score (nSPS) is 15.6. The van der Waals surface area contributed by atoms with Crippen LogP contribution in [-0.4, -0.2) is 17.8 Å². The molecule has 2 heterocycles. The molecule has 0 saturated heterocycles. The van der Waals surface area contributed by atoms with E-state index in [2.05, 4.69) is 52.5 Å². The van der Waals surface area contributed by atoms with E-state index in [-0.39, 0.29) is 6.04 Å². The predicted octanol–water partition coefficient (Wildman–Crippen LogP) is 4.09. The van der Waals surface area contributed by atoms with E-state index in [9.17, 15) is 0 Å². The summed E-state index contributed by atoms with van der Waals surface area (Å²) in [6, 6.07) is 16.8. The summed E-state index contributed by atoms with van der Waals surface area (Å²) < 4.78 is 13.9. The molecule has 140 valence electrons. The molecule has 0 fully saturated rings. The van der Waals surface area contributed by atoms with Gasteiger partial charge in [0, 0.05) is 28.4 Å². The van der Waals surface area contributed by atoms with E-state index in [0.717, 1.165) is 28.8 Å². The van der Waals surface area contributed by atoms with Crippen LogP contribution < -0.4 is 14.8 Å². The highest BCUT2D eigenvalue weighted by molar-refractivity contribution is 6.30. The Balaban J connectivity index is 1.81. The van der Waals surface area contributed by atoms with Gasteiger partial charge in [0.1, 0.15) is 6.54 Å². The molecule has 2 aromatic carbocycles. The molecule has 27 heavy (non-hydrogen) atoms. The van der Waals surface area contributed by atoms with E-state index in [0.29, 0.717) is 13.2 Å². The van der Waals surface area contributed by atoms with Crippen molar-refractivity contribution in [2.75, 3.05) is 13.2 Å². The number of quaternary nitrogens is 1. The third-order valence-electron chi connectivity index (χ3n) is 4.91. The van der Waals surface area contributed by atoms with Crippen LogP contribution in [0.3, 0.4) is 0 Å². The number of ether oxygens (including phenoxy) is 2. The van der Waals surface area contributed by atoms with Crippen molar-refractivity contribution in [2.45, 2.75) is 26.4 Å². The minimum atomic E-state index is 0.204. The summed E-state index contributed by atoms with van der Waals surface area (Å²) >= 11 is 6.09. The average molecular weight is 384 g/mol. The van der Waals surface area contributed by atoms with E-state index >= 15 is 0 Å². The zero-order valence-electron chi connectivity index (χ0n) is 15.6. The molecule has 4 rings (SSSR count). The van der Waals surface area contributed by atoms with E-state index in [1.165, 1.54) is 16.8 Å². The first-order valence-electron chi connectivity index (χ1n) is 9.40. The molecule has 0 spiro atoms. The van der Waals surface area contributed by atoms with Crippen LogP contribution >= 0.6 is 11.6 Å². The first-order chi connectivity index (χ1) is 13.2. The summed E-state index contributed by atoms with van der Waals surface area (Å²) in [5.74, 6) is 1.60. The highest BCUT2D eigenvalue weighted by Crippen LogP contribution is 2.36. The highest BCUT2D eigenvalue weighted by Gasteiger charge is 2.27. The zero-order chi connectivity index (χ0) is 18.8. The molecular weight excluding hydrogens is 360 g/mol. The summed E-state index contributed by atoms with van der Waals surface area (Å²) in [6.07, 6.45) is 2.12. The largest absolute Gasteiger partial charge is 0.490 e. The Hall–Kier alpha value is -2.43. The molecule has 1 aliphatic heterocycles. The lowest BCUT2D eigenvalue weighted by molar-refractivity contribution is -0.702. The van der Waals surface area contributed by atoms with Crippen molar-refractivity contribution in [2.24, 2.45) is 0 Å². The molecule has 1 atom stereocenters. The molecule has 1 aliphatic rings. The Bertz CT molecular complexity index is 934. The van der Waals surface area contributed by atoms with Crippen molar-refractivity contribution in [3.05, 3.63) is 76.6 Å². The van der Waals surface area contributed by atoms with Gasteiger partial charge in [-0.25, -0.2) is 0 Å². The fourth-order valence-electron chi connectivity index (χ4n) is 3.73. The molecule has 0 aliphatic carbocycles. The molecule has 4 nitrogen and oxygen atoms in total. The monoisotopic (exact) mass is 383 g/mol. The number of aromatic nitrogens is 1. The molecule has 2 N–H and O–H groups in total. The standard InChI is InChI=1S/C22H23ClN2O2/c1-3-26-20-12-16-14-24-22(15-7-9-17(23)10-8-15)18-6-5-11-25(18)19(16)13-21(20)27-4-2/h5-13,22,24H,3-4,14H2,1-2H3/p+1/t22-/m0/s1. The van der Waals surface area contributed by atoms with Crippen molar-refractivity contribution < 1.29 is 14.8 Å². The molecule has 5 heteroatoms. The number of nitrogens with zero attached hydrogens (tertiary/aromatic N) is 1. The van der Waals surface area contributed by atoms with Gasteiger partial charge in [0.05, 0.1) is 24.6 Å². The fourth-order valence-corrected chi connectivity index (χ4v) is 3.85. The van der Waals surface area contributed by atoms with Crippen LogP contribution in [0.4, 0.5) is 0 Å². The van der Waals surface area contributed by atoms with Gasteiger partial charge in [-0.2, -0.15) is 0 Å². The minimum absolute atomic E-state index is 0.204. The summed E-state index contributed by atoms with van der Waals surface area (Å²) in [5, 5.41) is 3.12. The highest BCUT2D eigenvalue weighted by atomic mass is 35.5. The molecule has 1 aromatic heterocycles. The number of halogens is 1. The van der Waals surface area contributed by atoms with Crippen LogP contribution in [0.5, 0.6) is 11.5 Å². The van der Waals surface area contributed by atoms with Crippen molar-refractivity contribution in [3.8, 4) is 17.2 Å². The molecule has 0 unspecified atom stereocenters. The van der Waals surface area contributed by atoms with E-state index < -0.39 is 0 Å². The number of fused-ring (bicyclic) bond motifs is 3. The third-order valence-corrected chi connectivity index (χ3v) is 5.16. The lowest BCUT2D eigenvalue weighted by Crippen LogP contribution is -2.83. The first kappa shape index (κ1) is 18.0. The van der Waals surface area contributed by atoms with E-state index in [1.807, 2.05) is 26.0 Å². The fraction of sp³-hybridized carbons (Fsp3) is 0.273. The SMILES string of the molecule is CCOc1cc2c(cc1OCC)-n1cccc1[C@H](c1ccc(Cl)cc1)[NH2+]C2. The molecule has 0 amide bonds. The second-order valence-electron chi connectivity index (χ2n) is 6.57. The second-order valence-corrected chi connectivity index (χ2v) is 7.00. The van der Waals surface area contributed by atoms with Gasteiger partial charge in [0.25, 0.3) is 0 Å².